The highest BCUT2D eigenvalue weighted by atomic mass is 35.5. The SMILES string of the molecule is Cc1nc(Nc2ncc(C(=O)Nc3c(C)cccc3Cl)s2)cc(N2CCN(CCOC(=O)[C@H](CC(C)C)NC(=O)[C@@H](O)[C@H](N)Cc3ccccc3)CC2)n1. The summed E-state index contributed by atoms with van der Waals surface area (Å²) in [7, 11) is 0. The van der Waals surface area contributed by atoms with E-state index >= 15 is 0 Å². The van der Waals surface area contributed by atoms with E-state index in [1.165, 1.54) is 17.5 Å². The van der Waals surface area contributed by atoms with E-state index in [0.717, 1.165) is 30.0 Å². The van der Waals surface area contributed by atoms with Gasteiger partial charge in [0.15, 0.2) is 5.13 Å². The summed E-state index contributed by atoms with van der Waals surface area (Å²) < 4.78 is 5.61. The number of aliphatic hydroxyl groups is 1. The number of anilines is 4. The number of piperazine rings is 1. The molecule has 0 radical (unpaired) electrons. The van der Waals surface area contributed by atoms with E-state index in [1.54, 1.807) is 6.07 Å². The molecule has 0 spiro atoms. The van der Waals surface area contributed by atoms with E-state index in [2.05, 4.69) is 40.7 Å². The first-order valence-electron chi connectivity index (χ1n) is 17.9. The molecule has 3 atom stereocenters. The molecule has 0 unspecified atom stereocenters. The lowest BCUT2D eigenvalue weighted by atomic mass is 10.00. The number of halogens is 1. The van der Waals surface area contributed by atoms with Gasteiger partial charge in [0.1, 0.15) is 41.1 Å². The number of nitrogens with one attached hydrogen (secondary N) is 3. The number of rotatable bonds is 16. The normalized spacial score (nSPS) is 15.0. The standard InChI is InChI=1S/C38H48ClN9O5S/c1-23(2)19-29(44-36(51)34(49)28(40)20-26-10-6-5-7-11-26)37(52)53-18-17-47-13-15-48(16-14-47)32-21-31(42-25(4)43-32)45-38-41-22-30(54-38)35(50)46-33-24(3)9-8-12-27(33)39/h5-12,21-23,28-29,34,49H,13-20,40H2,1-4H3,(H,44,51)(H,46,50)(H,41,42,43,45)/t28-,29+,34+/m1/s1. The number of aromatic nitrogens is 3. The van der Waals surface area contributed by atoms with Crippen LogP contribution in [-0.4, -0.2) is 100 Å². The first-order valence-corrected chi connectivity index (χ1v) is 19.1. The summed E-state index contributed by atoms with van der Waals surface area (Å²) in [6, 6.07) is 14.9. The van der Waals surface area contributed by atoms with Gasteiger partial charge in [0.05, 0.1) is 16.9 Å². The van der Waals surface area contributed by atoms with Gasteiger partial charge in [-0.3, -0.25) is 14.5 Å². The Morgan fingerprint density at radius 3 is 2.48 bits per heavy atom. The lowest BCUT2D eigenvalue weighted by molar-refractivity contribution is -0.150. The summed E-state index contributed by atoms with van der Waals surface area (Å²) in [4.78, 5) is 57.2. The monoisotopic (exact) mass is 777 g/mol. The highest BCUT2D eigenvalue weighted by molar-refractivity contribution is 7.17. The van der Waals surface area contributed by atoms with Crippen molar-refractivity contribution < 1.29 is 24.2 Å². The molecule has 3 heterocycles. The van der Waals surface area contributed by atoms with Crippen molar-refractivity contribution in [3.63, 3.8) is 0 Å². The van der Waals surface area contributed by atoms with Gasteiger partial charge < -0.3 is 36.4 Å². The van der Waals surface area contributed by atoms with Crippen LogP contribution in [-0.2, 0) is 20.7 Å². The molecule has 54 heavy (non-hydrogen) atoms. The second-order valence-electron chi connectivity index (χ2n) is 13.7. The lowest BCUT2D eigenvalue weighted by Crippen LogP contribution is -2.52. The molecule has 1 aliphatic rings. The molecular formula is C38H48ClN9O5S. The number of para-hydroxylation sites is 1. The first kappa shape index (κ1) is 40.5. The van der Waals surface area contributed by atoms with Crippen LogP contribution in [0.25, 0.3) is 0 Å². The smallest absolute Gasteiger partial charge is 0.328 e. The predicted molar refractivity (Wildman–Crippen MR) is 211 cm³/mol. The molecule has 0 bridgehead atoms. The molecule has 1 fully saturated rings. The number of nitrogens with zero attached hydrogens (tertiary/aromatic N) is 5. The van der Waals surface area contributed by atoms with Gasteiger partial charge in [-0.1, -0.05) is 79.2 Å². The molecule has 5 rings (SSSR count). The molecule has 16 heteroatoms. The fourth-order valence-electron chi connectivity index (χ4n) is 6.00. The number of esters is 1. The zero-order valence-electron chi connectivity index (χ0n) is 30.9. The molecule has 0 saturated carbocycles. The maximum Gasteiger partial charge on any atom is 0.328 e. The lowest BCUT2D eigenvalue weighted by Gasteiger charge is -2.35. The molecule has 2 aromatic heterocycles. The molecule has 2 amide bonds. The van der Waals surface area contributed by atoms with Gasteiger partial charge in [-0.25, -0.2) is 19.7 Å². The molecule has 0 aliphatic carbocycles. The Morgan fingerprint density at radius 2 is 1.78 bits per heavy atom. The van der Waals surface area contributed by atoms with Crippen molar-refractivity contribution in [2.75, 3.05) is 54.9 Å². The fourth-order valence-corrected chi connectivity index (χ4v) is 6.99. The third-order valence-electron chi connectivity index (χ3n) is 8.89. The summed E-state index contributed by atoms with van der Waals surface area (Å²) in [5, 5.41) is 20.3. The minimum Gasteiger partial charge on any atom is -0.463 e. The van der Waals surface area contributed by atoms with E-state index in [4.69, 9.17) is 22.1 Å². The number of amides is 2. The highest BCUT2D eigenvalue weighted by Gasteiger charge is 2.30. The number of benzene rings is 2. The van der Waals surface area contributed by atoms with Gasteiger partial charge in [0.25, 0.3) is 11.8 Å². The molecule has 288 valence electrons. The number of hydrogen-bond acceptors (Lipinski definition) is 13. The minimum absolute atomic E-state index is 0.0992. The number of nitrogens with two attached hydrogens (primary N) is 1. The molecular weight excluding hydrogens is 730 g/mol. The minimum atomic E-state index is -1.47. The summed E-state index contributed by atoms with van der Waals surface area (Å²) in [6.45, 7) is 11.1. The van der Waals surface area contributed by atoms with Crippen LogP contribution < -0.4 is 26.6 Å². The topological polar surface area (TPSA) is 188 Å². The Balaban J connectivity index is 1.08. The third kappa shape index (κ3) is 11.4. The Morgan fingerprint density at radius 1 is 1.04 bits per heavy atom. The number of aryl methyl sites for hydroxylation is 2. The van der Waals surface area contributed by atoms with E-state index in [1.807, 2.05) is 76.2 Å². The van der Waals surface area contributed by atoms with Crippen LogP contribution in [0.4, 0.5) is 22.5 Å². The molecule has 6 N–H and O–H groups in total. The Kier molecular flexibility index (Phi) is 14.3. The Bertz CT molecular complexity index is 1870. The zero-order chi connectivity index (χ0) is 38.8. The van der Waals surface area contributed by atoms with Gasteiger partial charge in [-0.05, 0) is 49.8 Å². The first-order chi connectivity index (χ1) is 25.9. The van der Waals surface area contributed by atoms with Crippen molar-refractivity contribution in [3.8, 4) is 0 Å². The summed E-state index contributed by atoms with van der Waals surface area (Å²) in [5.41, 5.74) is 8.46. The van der Waals surface area contributed by atoms with Crippen LogP contribution in [0.2, 0.25) is 5.02 Å². The van der Waals surface area contributed by atoms with Crippen LogP contribution in [0.15, 0.2) is 60.8 Å². The summed E-state index contributed by atoms with van der Waals surface area (Å²) in [5.74, 6) is 0.463. The van der Waals surface area contributed by atoms with E-state index in [0.29, 0.717) is 64.8 Å². The number of thiazole rings is 1. The van der Waals surface area contributed by atoms with Crippen molar-refractivity contribution in [3.05, 3.63) is 87.6 Å². The average Bonchev–Trinajstić information content (AvgIpc) is 3.61. The molecule has 1 aliphatic heterocycles. The number of aliphatic hydroxyl groups excluding tert-OH is 1. The maximum absolute atomic E-state index is 13.1. The number of hydrogen-bond donors (Lipinski definition) is 5. The van der Waals surface area contributed by atoms with Crippen molar-refractivity contribution in [2.24, 2.45) is 11.7 Å². The molecule has 1 saturated heterocycles. The quantitative estimate of drug-likeness (QED) is 0.102. The van der Waals surface area contributed by atoms with E-state index < -0.39 is 30.1 Å². The number of carbonyl (C=O) groups is 3. The average molecular weight is 778 g/mol. The van der Waals surface area contributed by atoms with Crippen molar-refractivity contribution in [1.29, 1.82) is 0 Å². The van der Waals surface area contributed by atoms with E-state index in [9.17, 15) is 19.5 Å². The van der Waals surface area contributed by atoms with Gasteiger partial charge in [0, 0.05) is 44.8 Å². The number of carbonyl (C=O) groups excluding carboxylic acids is 3. The van der Waals surface area contributed by atoms with Crippen LogP contribution in [0.1, 0.15) is 46.9 Å². The molecule has 2 aromatic carbocycles. The summed E-state index contributed by atoms with van der Waals surface area (Å²) >= 11 is 7.48. The van der Waals surface area contributed by atoms with Gasteiger partial charge in [-0.15, -0.1) is 0 Å². The maximum atomic E-state index is 13.1. The fraction of sp³-hybridized carbons (Fsp3) is 0.421. The van der Waals surface area contributed by atoms with Crippen molar-refractivity contribution in [1.82, 2.24) is 25.2 Å². The van der Waals surface area contributed by atoms with Crippen LogP contribution in [0, 0.1) is 19.8 Å². The number of ether oxygens (including phenoxy) is 1. The van der Waals surface area contributed by atoms with Crippen molar-refractivity contribution in [2.45, 2.75) is 58.7 Å². The zero-order valence-corrected chi connectivity index (χ0v) is 32.5. The van der Waals surface area contributed by atoms with Crippen molar-refractivity contribution >= 4 is 63.2 Å². The van der Waals surface area contributed by atoms with Gasteiger partial charge in [0.2, 0.25) is 0 Å². The Labute approximate surface area is 324 Å². The molecule has 4 aromatic rings. The van der Waals surface area contributed by atoms with E-state index in [-0.39, 0.29) is 18.4 Å². The second-order valence-corrected chi connectivity index (χ2v) is 15.1. The third-order valence-corrected chi connectivity index (χ3v) is 10.1. The predicted octanol–water partition coefficient (Wildman–Crippen LogP) is 4.33. The Hall–Kier alpha value is -4.67. The van der Waals surface area contributed by atoms with Gasteiger partial charge in [-0.2, -0.15) is 0 Å². The van der Waals surface area contributed by atoms with Crippen LogP contribution in [0.3, 0.4) is 0 Å². The second kappa shape index (κ2) is 19.1. The van der Waals surface area contributed by atoms with Gasteiger partial charge >= 0.3 is 5.97 Å². The van der Waals surface area contributed by atoms with Crippen LogP contribution >= 0.6 is 22.9 Å². The summed E-state index contributed by atoms with van der Waals surface area (Å²) in [6.07, 6.45) is 0.715. The largest absolute Gasteiger partial charge is 0.463 e. The van der Waals surface area contributed by atoms with Crippen LogP contribution in [0.5, 0.6) is 0 Å². The molecule has 14 nitrogen and oxygen atoms in total. The highest BCUT2D eigenvalue weighted by Crippen LogP contribution is 2.28.